The first-order valence-electron chi connectivity index (χ1n) is 9.72. The van der Waals surface area contributed by atoms with Crippen molar-refractivity contribution in [3.8, 4) is 21.7 Å². The average Bonchev–Trinajstić information content (AvgIpc) is 3.34. The third-order valence-electron chi connectivity index (χ3n) is 4.65. The number of rotatable bonds is 6. The summed E-state index contributed by atoms with van der Waals surface area (Å²) >= 11 is 1.48. The van der Waals surface area contributed by atoms with Crippen LogP contribution in [0.15, 0.2) is 53.1 Å². The number of hydrogen-bond acceptors (Lipinski definition) is 6. The molecule has 0 aliphatic carbocycles. The first-order chi connectivity index (χ1) is 14.5. The van der Waals surface area contributed by atoms with Gasteiger partial charge in [0.2, 0.25) is 11.8 Å². The molecule has 2 aromatic heterocycles. The number of nitrogens with zero attached hydrogens (tertiary/aromatic N) is 3. The summed E-state index contributed by atoms with van der Waals surface area (Å²) in [6.45, 7) is 5.87. The van der Waals surface area contributed by atoms with E-state index < -0.39 is 0 Å². The molecule has 2 aromatic carbocycles. The van der Waals surface area contributed by atoms with E-state index in [1.165, 1.54) is 22.5 Å². The third kappa shape index (κ3) is 4.63. The second kappa shape index (κ2) is 8.59. The highest BCUT2D eigenvalue weighted by molar-refractivity contribution is 7.19. The number of thiazole rings is 1. The van der Waals surface area contributed by atoms with Crippen LogP contribution in [0.1, 0.15) is 29.3 Å². The first-order valence-corrected chi connectivity index (χ1v) is 10.5. The molecule has 4 aromatic rings. The lowest BCUT2D eigenvalue weighted by Crippen LogP contribution is -2.12. The lowest BCUT2D eigenvalue weighted by Gasteiger charge is -2.04. The van der Waals surface area contributed by atoms with Gasteiger partial charge in [-0.05, 0) is 26.3 Å². The molecule has 7 heteroatoms. The summed E-state index contributed by atoms with van der Waals surface area (Å²) in [5.41, 5.74) is 5.36. The number of amides is 1. The van der Waals surface area contributed by atoms with E-state index in [9.17, 15) is 4.79 Å². The van der Waals surface area contributed by atoms with Crippen molar-refractivity contribution in [1.82, 2.24) is 15.1 Å². The highest BCUT2D eigenvalue weighted by Gasteiger charge is 2.17. The summed E-state index contributed by atoms with van der Waals surface area (Å²) < 4.78 is 5.07. The molecule has 6 nitrogen and oxygen atoms in total. The van der Waals surface area contributed by atoms with Gasteiger partial charge in [0.15, 0.2) is 11.0 Å². The Labute approximate surface area is 179 Å². The summed E-state index contributed by atoms with van der Waals surface area (Å²) in [4.78, 5) is 22.3. The Balaban J connectivity index is 1.58. The van der Waals surface area contributed by atoms with Gasteiger partial charge in [0.1, 0.15) is 0 Å². The van der Waals surface area contributed by atoms with Gasteiger partial charge in [0.05, 0.1) is 10.6 Å². The Morgan fingerprint density at radius 2 is 1.57 bits per heavy atom. The van der Waals surface area contributed by atoms with Crippen molar-refractivity contribution in [2.75, 3.05) is 5.32 Å². The summed E-state index contributed by atoms with van der Waals surface area (Å²) in [6.07, 6.45) is 0.647. The van der Waals surface area contributed by atoms with Gasteiger partial charge in [0, 0.05) is 18.4 Å². The molecule has 152 valence electrons. The van der Waals surface area contributed by atoms with Crippen molar-refractivity contribution in [2.24, 2.45) is 0 Å². The first kappa shape index (κ1) is 20.0. The van der Waals surface area contributed by atoms with Gasteiger partial charge in [-0.3, -0.25) is 4.79 Å². The maximum Gasteiger partial charge on any atom is 0.227 e. The largest absolute Gasteiger partial charge is 0.339 e. The number of aromatic nitrogens is 3. The Hall–Kier alpha value is -3.32. The molecule has 2 heterocycles. The normalized spacial score (nSPS) is 10.9. The van der Waals surface area contributed by atoms with E-state index in [1.807, 2.05) is 0 Å². The molecule has 0 saturated carbocycles. The second-order valence-electron chi connectivity index (χ2n) is 7.21. The highest BCUT2D eigenvalue weighted by Crippen LogP contribution is 2.39. The van der Waals surface area contributed by atoms with E-state index >= 15 is 0 Å². The number of benzene rings is 2. The maximum absolute atomic E-state index is 12.4. The minimum absolute atomic E-state index is 0.134. The molecule has 0 unspecified atom stereocenters. The van der Waals surface area contributed by atoms with Crippen LogP contribution in [0.2, 0.25) is 0 Å². The lowest BCUT2D eigenvalue weighted by atomic mass is 10.0. The number of aryl methyl sites for hydroxylation is 4. The van der Waals surface area contributed by atoms with Gasteiger partial charge < -0.3 is 9.84 Å². The van der Waals surface area contributed by atoms with Crippen LogP contribution in [-0.2, 0) is 11.2 Å². The molecule has 0 aliphatic heterocycles. The van der Waals surface area contributed by atoms with Gasteiger partial charge in [-0.15, -0.1) is 0 Å². The van der Waals surface area contributed by atoms with E-state index in [1.54, 1.807) is 6.92 Å². The molecule has 0 aliphatic rings. The Morgan fingerprint density at radius 1 is 0.933 bits per heavy atom. The van der Waals surface area contributed by atoms with Crippen LogP contribution < -0.4 is 5.32 Å². The quantitative estimate of drug-likeness (QED) is 0.456. The van der Waals surface area contributed by atoms with Crippen molar-refractivity contribution in [3.05, 3.63) is 71.4 Å². The van der Waals surface area contributed by atoms with Crippen LogP contribution in [0, 0.1) is 20.8 Å². The zero-order chi connectivity index (χ0) is 21.1. The minimum Gasteiger partial charge on any atom is -0.339 e. The lowest BCUT2D eigenvalue weighted by molar-refractivity contribution is -0.116. The van der Waals surface area contributed by atoms with E-state index in [4.69, 9.17) is 9.51 Å². The molecule has 0 radical (unpaired) electrons. The van der Waals surface area contributed by atoms with Crippen LogP contribution in [0.3, 0.4) is 0 Å². The SMILES string of the molecule is Cc1ccc(-c2nc(NC(=O)CCc3nc(C)no3)sc2-c2ccc(C)cc2)cc1. The van der Waals surface area contributed by atoms with Crippen LogP contribution in [0.25, 0.3) is 21.7 Å². The highest BCUT2D eigenvalue weighted by atomic mass is 32.1. The zero-order valence-corrected chi connectivity index (χ0v) is 17.9. The van der Waals surface area contributed by atoms with Gasteiger partial charge in [0.25, 0.3) is 0 Å². The molecule has 30 heavy (non-hydrogen) atoms. The molecular weight excluding hydrogens is 396 g/mol. The topological polar surface area (TPSA) is 80.9 Å². The molecule has 1 amide bonds. The molecule has 0 spiro atoms. The molecule has 4 rings (SSSR count). The van der Waals surface area contributed by atoms with E-state index in [0.717, 1.165) is 21.7 Å². The predicted octanol–water partition coefficient (Wildman–Crippen LogP) is 5.36. The summed E-state index contributed by atoms with van der Waals surface area (Å²) in [7, 11) is 0. The molecule has 0 atom stereocenters. The zero-order valence-electron chi connectivity index (χ0n) is 17.1. The van der Waals surface area contributed by atoms with Gasteiger partial charge in [-0.25, -0.2) is 4.98 Å². The van der Waals surface area contributed by atoms with Crippen molar-refractivity contribution in [3.63, 3.8) is 0 Å². The minimum atomic E-state index is -0.134. The van der Waals surface area contributed by atoms with Crippen LogP contribution in [-0.4, -0.2) is 21.0 Å². The number of anilines is 1. The van der Waals surface area contributed by atoms with E-state index in [0.29, 0.717) is 23.3 Å². The fourth-order valence-electron chi connectivity index (χ4n) is 3.03. The van der Waals surface area contributed by atoms with Crippen LogP contribution in [0.5, 0.6) is 0 Å². The molecule has 0 fully saturated rings. The number of carbonyl (C=O) groups is 1. The molecule has 1 N–H and O–H groups in total. The smallest absolute Gasteiger partial charge is 0.227 e. The van der Waals surface area contributed by atoms with Gasteiger partial charge in [-0.1, -0.05) is 76.2 Å². The van der Waals surface area contributed by atoms with E-state index in [-0.39, 0.29) is 12.3 Å². The van der Waals surface area contributed by atoms with Gasteiger partial charge in [-0.2, -0.15) is 4.98 Å². The van der Waals surface area contributed by atoms with Crippen molar-refractivity contribution >= 4 is 22.4 Å². The average molecular weight is 419 g/mol. The van der Waals surface area contributed by atoms with Crippen molar-refractivity contribution < 1.29 is 9.32 Å². The summed E-state index contributed by atoms with van der Waals surface area (Å²) in [6, 6.07) is 16.6. The monoisotopic (exact) mass is 418 g/mol. The number of hydrogen-bond donors (Lipinski definition) is 1. The molecule has 0 bridgehead atoms. The third-order valence-corrected chi connectivity index (χ3v) is 5.67. The predicted molar refractivity (Wildman–Crippen MR) is 118 cm³/mol. The van der Waals surface area contributed by atoms with Crippen molar-refractivity contribution in [1.29, 1.82) is 0 Å². The second-order valence-corrected chi connectivity index (χ2v) is 8.21. The van der Waals surface area contributed by atoms with E-state index in [2.05, 4.69) is 77.8 Å². The summed E-state index contributed by atoms with van der Waals surface area (Å²) in [5, 5.41) is 7.24. The van der Waals surface area contributed by atoms with Crippen LogP contribution in [0.4, 0.5) is 5.13 Å². The Morgan fingerprint density at radius 3 is 2.17 bits per heavy atom. The van der Waals surface area contributed by atoms with Crippen LogP contribution >= 0.6 is 11.3 Å². The Kier molecular flexibility index (Phi) is 5.72. The van der Waals surface area contributed by atoms with Gasteiger partial charge >= 0.3 is 0 Å². The summed E-state index contributed by atoms with van der Waals surface area (Å²) in [5.74, 6) is 0.892. The number of nitrogens with one attached hydrogen (secondary N) is 1. The fraction of sp³-hybridized carbons (Fsp3) is 0.217. The Bertz CT molecular complexity index is 1100. The molecule has 0 saturated heterocycles. The molecular formula is C23H22N4O2S. The maximum atomic E-state index is 12.4. The standard InChI is InChI=1S/C23H22N4O2S/c1-14-4-8-17(9-5-14)21-22(18-10-6-15(2)7-11-18)30-23(26-21)25-19(28)12-13-20-24-16(3)27-29-20/h4-11H,12-13H2,1-3H3,(H,25,26,28). The van der Waals surface area contributed by atoms with Crippen molar-refractivity contribution in [2.45, 2.75) is 33.6 Å². The number of carbonyl (C=O) groups excluding carboxylic acids is 1. The fourth-order valence-corrected chi connectivity index (χ4v) is 4.03.